The number of carbonyl (C=O) groups is 1. The lowest BCUT2D eigenvalue weighted by Gasteiger charge is -1.97. The number of amides is 1. The second-order valence-corrected chi connectivity index (χ2v) is 7.68. The molecule has 2 aromatic rings. The summed E-state index contributed by atoms with van der Waals surface area (Å²) in [4.78, 5) is 16.3. The van der Waals surface area contributed by atoms with E-state index in [0.717, 1.165) is 19.1 Å². The van der Waals surface area contributed by atoms with Crippen molar-refractivity contribution >= 4 is 50.7 Å². The Morgan fingerprint density at radius 3 is 2.53 bits per heavy atom. The van der Waals surface area contributed by atoms with Gasteiger partial charge >= 0.3 is 0 Å². The molecule has 0 bridgehead atoms. The highest BCUT2D eigenvalue weighted by molar-refractivity contribution is 9.10. The van der Waals surface area contributed by atoms with E-state index in [0.29, 0.717) is 5.56 Å². The summed E-state index contributed by atoms with van der Waals surface area (Å²) in [7, 11) is 0. The van der Waals surface area contributed by atoms with Crippen molar-refractivity contribution in [3.05, 3.63) is 41.7 Å². The topological polar surface area (TPSA) is 41.5 Å². The number of hydrogen-bond acceptors (Lipinski definition) is 4. The molecule has 0 unspecified atom stereocenters. The molecule has 0 saturated heterocycles. The minimum absolute atomic E-state index is 0.162. The second-order valence-electron chi connectivity index (χ2n) is 4.08. The Morgan fingerprint density at radius 1 is 1.26 bits per heavy atom. The summed E-state index contributed by atoms with van der Waals surface area (Å²) in [6.07, 6.45) is 1.66. The first kappa shape index (κ1) is 14.4. The van der Waals surface area contributed by atoms with E-state index >= 15 is 0 Å². The minimum Gasteiger partial charge on any atom is -0.267 e. The Hall–Kier alpha value is -0.980. The zero-order valence-electron chi connectivity index (χ0n) is 10.8. The molecule has 3 nitrogen and oxygen atoms in total. The molecule has 2 rings (SSSR count). The summed E-state index contributed by atoms with van der Waals surface area (Å²) in [5.41, 5.74) is 3.26. The van der Waals surface area contributed by atoms with Crippen molar-refractivity contribution in [3.63, 3.8) is 0 Å². The van der Waals surface area contributed by atoms with Crippen LogP contribution in [0.2, 0.25) is 0 Å². The van der Waals surface area contributed by atoms with Gasteiger partial charge in [-0.05, 0) is 48.8 Å². The van der Waals surface area contributed by atoms with E-state index in [1.54, 1.807) is 28.9 Å². The van der Waals surface area contributed by atoms with Gasteiger partial charge in [-0.2, -0.15) is 5.10 Å². The first-order valence-corrected chi connectivity index (χ1v) is 8.06. The van der Waals surface area contributed by atoms with E-state index in [9.17, 15) is 4.79 Å². The van der Waals surface area contributed by atoms with E-state index in [-0.39, 0.29) is 5.91 Å². The molecule has 0 fully saturated rings. The van der Waals surface area contributed by atoms with Crippen LogP contribution < -0.4 is 5.43 Å². The first-order chi connectivity index (χ1) is 8.97. The van der Waals surface area contributed by atoms with Crippen molar-refractivity contribution in [1.29, 1.82) is 0 Å². The lowest BCUT2D eigenvalue weighted by Crippen LogP contribution is -2.17. The van der Waals surface area contributed by atoms with Gasteiger partial charge in [0.1, 0.15) is 0 Å². The highest BCUT2D eigenvalue weighted by Crippen LogP contribution is 2.25. The average Bonchev–Trinajstić information content (AvgIpc) is 2.82. The highest BCUT2D eigenvalue weighted by atomic mass is 79.9. The van der Waals surface area contributed by atoms with Crippen molar-refractivity contribution in [2.45, 2.75) is 20.8 Å². The van der Waals surface area contributed by atoms with Gasteiger partial charge in [-0.1, -0.05) is 0 Å². The van der Waals surface area contributed by atoms with Gasteiger partial charge in [0.2, 0.25) is 0 Å². The van der Waals surface area contributed by atoms with Crippen LogP contribution in [0, 0.1) is 20.8 Å². The predicted molar refractivity (Wildman–Crippen MR) is 85.6 cm³/mol. The fourth-order valence-corrected chi connectivity index (χ4v) is 3.97. The maximum atomic E-state index is 11.9. The Kier molecular flexibility index (Phi) is 4.54. The van der Waals surface area contributed by atoms with Gasteiger partial charge in [0.25, 0.3) is 5.91 Å². The van der Waals surface area contributed by atoms with Gasteiger partial charge in [0.15, 0.2) is 0 Å². The van der Waals surface area contributed by atoms with Gasteiger partial charge in [-0.25, -0.2) is 5.43 Å². The zero-order valence-corrected chi connectivity index (χ0v) is 14.0. The summed E-state index contributed by atoms with van der Waals surface area (Å²) in [6.45, 7) is 5.96. The summed E-state index contributed by atoms with van der Waals surface area (Å²) < 4.78 is 1.06. The number of carbonyl (C=O) groups excluding carboxylic acids is 1. The number of halogens is 1. The number of nitrogens with zero attached hydrogens (tertiary/aromatic N) is 1. The lowest BCUT2D eigenvalue weighted by molar-refractivity contribution is 0.0955. The van der Waals surface area contributed by atoms with Gasteiger partial charge in [0, 0.05) is 24.0 Å². The third-order valence-electron chi connectivity index (χ3n) is 2.52. The molecule has 0 spiro atoms. The first-order valence-electron chi connectivity index (χ1n) is 5.63. The summed E-state index contributed by atoms with van der Waals surface area (Å²) in [5.74, 6) is -0.162. The molecule has 19 heavy (non-hydrogen) atoms. The van der Waals surface area contributed by atoms with Crippen molar-refractivity contribution in [1.82, 2.24) is 5.43 Å². The molecule has 0 saturated carbocycles. The third-order valence-corrected chi connectivity index (χ3v) is 5.56. The van der Waals surface area contributed by atoms with Crippen molar-refractivity contribution in [2.75, 3.05) is 0 Å². The smallest absolute Gasteiger partial charge is 0.267 e. The van der Waals surface area contributed by atoms with Gasteiger partial charge < -0.3 is 0 Å². The summed E-state index contributed by atoms with van der Waals surface area (Å²) in [5, 5.41) is 3.99. The largest absolute Gasteiger partial charge is 0.272 e. The lowest BCUT2D eigenvalue weighted by atomic mass is 10.2. The number of nitrogens with one attached hydrogen (secondary N) is 1. The number of rotatable bonds is 3. The van der Waals surface area contributed by atoms with Gasteiger partial charge in [0.05, 0.1) is 11.8 Å². The van der Waals surface area contributed by atoms with E-state index < -0.39 is 0 Å². The second kappa shape index (κ2) is 5.98. The molecule has 0 aliphatic rings. The van der Waals surface area contributed by atoms with Crippen LogP contribution in [0.15, 0.2) is 21.7 Å². The van der Waals surface area contributed by atoms with E-state index in [1.165, 1.54) is 4.88 Å². The maximum absolute atomic E-state index is 11.9. The Morgan fingerprint density at radius 2 is 2.00 bits per heavy atom. The SMILES string of the molecule is Cc1cc(C(=O)N/N=C/c2cc(Br)c(C)s2)c(C)s1. The van der Waals surface area contributed by atoms with Crippen molar-refractivity contribution in [3.8, 4) is 0 Å². The molecule has 2 aromatic heterocycles. The van der Waals surface area contributed by atoms with E-state index in [2.05, 4.69) is 26.5 Å². The average molecular weight is 357 g/mol. The Balaban J connectivity index is 2.02. The van der Waals surface area contributed by atoms with Crippen molar-refractivity contribution < 1.29 is 4.79 Å². The van der Waals surface area contributed by atoms with E-state index in [4.69, 9.17) is 0 Å². The third kappa shape index (κ3) is 3.52. The minimum atomic E-state index is -0.162. The van der Waals surface area contributed by atoms with Crippen LogP contribution in [-0.2, 0) is 0 Å². The predicted octanol–water partition coefficient (Wildman–Crippen LogP) is 4.26. The molecule has 0 radical (unpaired) electrons. The molecule has 6 heteroatoms. The Bertz CT molecular complexity index is 624. The highest BCUT2D eigenvalue weighted by Gasteiger charge is 2.10. The molecule has 1 amide bonds. The maximum Gasteiger partial charge on any atom is 0.272 e. The summed E-state index contributed by atoms with van der Waals surface area (Å²) in [6, 6.07) is 3.87. The number of hydrazone groups is 1. The molecule has 2 heterocycles. The zero-order chi connectivity index (χ0) is 14.0. The quantitative estimate of drug-likeness (QED) is 0.647. The molecule has 100 valence electrons. The Labute approximate surface area is 128 Å². The fraction of sp³-hybridized carbons (Fsp3) is 0.231. The fourth-order valence-electron chi connectivity index (χ4n) is 1.62. The van der Waals surface area contributed by atoms with Gasteiger partial charge in [-0.15, -0.1) is 22.7 Å². The van der Waals surface area contributed by atoms with Crippen LogP contribution in [-0.4, -0.2) is 12.1 Å². The molecule has 0 aliphatic carbocycles. The number of hydrogen-bond donors (Lipinski definition) is 1. The molecule has 0 aliphatic heterocycles. The van der Waals surface area contributed by atoms with Crippen LogP contribution >= 0.6 is 38.6 Å². The van der Waals surface area contributed by atoms with Crippen LogP contribution in [0.4, 0.5) is 0 Å². The van der Waals surface area contributed by atoms with Crippen LogP contribution in [0.25, 0.3) is 0 Å². The molecule has 1 N–H and O–H groups in total. The molecule has 0 aromatic carbocycles. The molecule has 0 atom stereocenters. The van der Waals surface area contributed by atoms with Crippen LogP contribution in [0.5, 0.6) is 0 Å². The number of aryl methyl sites for hydroxylation is 3. The monoisotopic (exact) mass is 356 g/mol. The molecular weight excluding hydrogens is 344 g/mol. The van der Waals surface area contributed by atoms with Crippen LogP contribution in [0.3, 0.4) is 0 Å². The van der Waals surface area contributed by atoms with Crippen molar-refractivity contribution in [2.24, 2.45) is 5.10 Å². The number of thiophene rings is 2. The summed E-state index contributed by atoms with van der Waals surface area (Å²) >= 11 is 6.69. The van der Waals surface area contributed by atoms with Crippen LogP contribution in [0.1, 0.15) is 29.9 Å². The molecular formula is C13H13BrN2OS2. The normalized spacial score (nSPS) is 11.2. The standard InChI is InChI=1S/C13H13BrN2OS2/c1-7-4-11(8(2)18-7)13(17)16-15-6-10-5-12(14)9(3)19-10/h4-6H,1-3H3,(H,16,17)/b15-6+. The van der Waals surface area contributed by atoms with Gasteiger partial charge in [-0.3, -0.25) is 4.79 Å². The van der Waals surface area contributed by atoms with E-state index in [1.807, 2.05) is 32.9 Å².